The number of hydrogen-bond donors (Lipinski definition) is 1. The second kappa shape index (κ2) is 5.17. The Kier molecular flexibility index (Phi) is 3.82. The molecule has 1 heterocycles. The van der Waals surface area contributed by atoms with E-state index in [0.717, 1.165) is 24.6 Å². The highest BCUT2D eigenvalue weighted by Crippen LogP contribution is 2.41. The third-order valence-corrected chi connectivity index (χ3v) is 4.38. The van der Waals surface area contributed by atoms with Crippen LogP contribution in [0.5, 0.6) is 0 Å². The van der Waals surface area contributed by atoms with Crippen molar-refractivity contribution in [3.05, 3.63) is 11.9 Å². The fourth-order valence-electron chi connectivity index (χ4n) is 3.01. The van der Waals surface area contributed by atoms with Gasteiger partial charge in [-0.05, 0) is 50.0 Å². The van der Waals surface area contributed by atoms with E-state index in [9.17, 15) is 0 Å². The Morgan fingerprint density at radius 2 is 2.18 bits per heavy atom. The quantitative estimate of drug-likeness (QED) is 0.868. The van der Waals surface area contributed by atoms with E-state index in [-0.39, 0.29) is 5.41 Å². The third-order valence-electron chi connectivity index (χ3n) is 4.38. The summed E-state index contributed by atoms with van der Waals surface area (Å²) in [7, 11) is 1.92. The van der Waals surface area contributed by atoms with Crippen LogP contribution in [0, 0.1) is 11.3 Å². The van der Waals surface area contributed by atoms with Crippen LogP contribution in [0.2, 0.25) is 0 Å². The summed E-state index contributed by atoms with van der Waals surface area (Å²) in [5, 5.41) is 8.20. The molecule has 96 valence electrons. The van der Waals surface area contributed by atoms with Crippen molar-refractivity contribution in [3.63, 3.8) is 0 Å². The highest BCUT2D eigenvalue weighted by atomic mass is 15.4. The molecule has 0 bridgehead atoms. The SMILES string of the molecule is CCC1CCC(CN)(Cc2cn(C)nn2)CC1. The minimum absolute atomic E-state index is 0.279. The van der Waals surface area contributed by atoms with Crippen LogP contribution in [0.15, 0.2) is 6.20 Å². The molecule has 2 N–H and O–H groups in total. The van der Waals surface area contributed by atoms with E-state index >= 15 is 0 Å². The first-order chi connectivity index (χ1) is 8.17. The zero-order valence-corrected chi connectivity index (χ0v) is 11.0. The minimum Gasteiger partial charge on any atom is -0.330 e. The summed E-state index contributed by atoms with van der Waals surface area (Å²) in [6.07, 6.45) is 9.47. The lowest BCUT2D eigenvalue weighted by atomic mass is 9.67. The third kappa shape index (κ3) is 2.86. The number of hydrogen-bond acceptors (Lipinski definition) is 3. The molecule has 1 aromatic heterocycles. The maximum absolute atomic E-state index is 6.02. The van der Waals surface area contributed by atoms with Crippen molar-refractivity contribution < 1.29 is 0 Å². The standard InChI is InChI=1S/C13H24N4/c1-3-11-4-6-13(10-14,7-5-11)8-12-9-17(2)16-15-12/h9,11H,3-8,10,14H2,1-2H3. The van der Waals surface area contributed by atoms with Crippen molar-refractivity contribution in [3.8, 4) is 0 Å². The van der Waals surface area contributed by atoms with Crippen molar-refractivity contribution in [2.75, 3.05) is 6.54 Å². The number of nitrogens with zero attached hydrogens (tertiary/aromatic N) is 3. The predicted molar refractivity (Wildman–Crippen MR) is 68.4 cm³/mol. The van der Waals surface area contributed by atoms with Crippen molar-refractivity contribution >= 4 is 0 Å². The molecule has 0 spiro atoms. The highest BCUT2D eigenvalue weighted by Gasteiger charge is 2.34. The lowest BCUT2D eigenvalue weighted by Gasteiger charge is -2.39. The maximum Gasteiger partial charge on any atom is 0.0833 e. The van der Waals surface area contributed by atoms with Gasteiger partial charge in [0.15, 0.2) is 0 Å². The fourth-order valence-corrected chi connectivity index (χ4v) is 3.01. The second-order valence-electron chi connectivity index (χ2n) is 5.62. The van der Waals surface area contributed by atoms with Gasteiger partial charge in [0.05, 0.1) is 5.69 Å². The molecule has 1 aliphatic rings. The first kappa shape index (κ1) is 12.6. The summed E-state index contributed by atoms with van der Waals surface area (Å²) >= 11 is 0. The first-order valence-corrected chi connectivity index (χ1v) is 6.73. The van der Waals surface area contributed by atoms with Crippen molar-refractivity contribution in [1.29, 1.82) is 0 Å². The van der Waals surface area contributed by atoms with Crippen molar-refractivity contribution in [1.82, 2.24) is 15.0 Å². The van der Waals surface area contributed by atoms with E-state index in [1.807, 2.05) is 13.2 Å². The van der Waals surface area contributed by atoms with Crippen LogP contribution < -0.4 is 5.73 Å². The van der Waals surface area contributed by atoms with Crippen LogP contribution in [0.3, 0.4) is 0 Å². The summed E-state index contributed by atoms with van der Waals surface area (Å²) in [6, 6.07) is 0. The molecular formula is C13H24N4. The van der Waals surface area contributed by atoms with Gasteiger partial charge in [-0.15, -0.1) is 5.10 Å². The van der Waals surface area contributed by atoms with Crippen LogP contribution in [0.25, 0.3) is 0 Å². The average molecular weight is 236 g/mol. The molecule has 1 fully saturated rings. The second-order valence-corrected chi connectivity index (χ2v) is 5.62. The number of aryl methyl sites for hydroxylation is 1. The normalized spacial score (nSPS) is 29.5. The number of nitrogens with two attached hydrogens (primary N) is 1. The molecule has 17 heavy (non-hydrogen) atoms. The Balaban J connectivity index is 2.01. The van der Waals surface area contributed by atoms with Crippen LogP contribution in [-0.4, -0.2) is 21.5 Å². The Morgan fingerprint density at radius 1 is 1.47 bits per heavy atom. The van der Waals surface area contributed by atoms with Crippen molar-refractivity contribution in [2.45, 2.75) is 45.4 Å². The molecule has 0 unspecified atom stereocenters. The maximum atomic E-state index is 6.02. The Bertz CT molecular complexity index is 350. The van der Waals surface area contributed by atoms with E-state index in [2.05, 4.69) is 17.2 Å². The zero-order chi connectivity index (χ0) is 12.3. The predicted octanol–water partition coefficient (Wildman–Crippen LogP) is 1.90. The lowest BCUT2D eigenvalue weighted by Crippen LogP contribution is -2.36. The molecule has 0 atom stereocenters. The van der Waals surface area contributed by atoms with Gasteiger partial charge in [0.1, 0.15) is 0 Å². The largest absolute Gasteiger partial charge is 0.330 e. The zero-order valence-electron chi connectivity index (χ0n) is 11.0. The molecule has 0 radical (unpaired) electrons. The van der Waals surface area contributed by atoms with Gasteiger partial charge in [0, 0.05) is 13.2 Å². The van der Waals surface area contributed by atoms with Gasteiger partial charge >= 0.3 is 0 Å². The van der Waals surface area contributed by atoms with E-state index in [0.29, 0.717) is 0 Å². The molecule has 0 aromatic carbocycles. The Labute approximate surface area is 104 Å². The first-order valence-electron chi connectivity index (χ1n) is 6.73. The van der Waals surface area contributed by atoms with E-state index < -0.39 is 0 Å². The smallest absolute Gasteiger partial charge is 0.0833 e. The molecule has 1 saturated carbocycles. The van der Waals surface area contributed by atoms with Gasteiger partial charge < -0.3 is 5.73 Å². The monoisotopic (exact) mass is 236 g/mol. The lowest BCUT2D eigenvalue weighted by molar-refractivity contribution is 0.152. The number of aromatic nitrogens is 3. The summed E-state index contributed by atoms with van der Waals surface area (Å²) in [6.45, 7) is 3.07. The van der Waals surface area contributed by atoms with Crippen LogP contribution in [0.4, 0.5) is 0 Å². The molecule has 4 heteroatoms. The molecule has 0 saturated heterocycles. The average Bonchev–Trinajstić information content (AvgIpc) is 2.75. The molecule has 0 amide bonds. The van der Waals surface area contributed by atoms with Gasteiger partial charge in [-0.3, -0.25) is 4.68 Å². The van der Waals surface area contributed by atoms with Gasteiger partial charge in [-0.1, -0.05) is 18.6 Å². The fraction of sp³-hybridized carbons (Fsp3) is 0.846. The van der Waals surface area contributed by atoms with Gasteiger partial charge in [-0.2, -0.15) is 0 Å². The van der Waals surface area contributed by atoms with Gasteiger partial charge in [-0.25, -0.2) is 0 Å². The van der Waals surface area contributed by atoms with E-state index in [4.69, 9.17) is 5.73 Å². The molecular weight excluding hydrogens is 212 g/mol. The van der Waals surface area contributed by atoms with Crippen LogP contribution in [0.1, 0.15) is 44.7 Å². The molecule has 4 nitrogen and oxygen atoms in total. The van der Waals surface area contributed by atoms with Gasteiger partial charge in [0.25, 0.3) is 0 Å². The Hall–Kier alpha value is -0.900. The summed E-state index contributed by atoms with van der Waals surface area (Å²) in [4.78, 5) is 0. The summed E-state index contributed by atoms with van der Waals surface area (Å²) in [5.74, 6) is 0.913. The molecule has 2 rings (SSSR count). The topological polar surface area (TPSA) is 56.7 Å². The molecule has 1 aliphatic carbocycles. The highest BCUT2D eigenvalue weighted by molar-refractivity contribution is 5.01. The minimum atomic E-state index is 0.279. The number of rotatable bonds is 4. The Morgan fingerprint density at radius 3 is 2.65 bits per heavy atom. The summed E-state index contributed by atoms with van der Waals surface area (Å²) < 4.78 is 1.78. The molecule has 1 aromatic rings. The van der Waals surface area contributed by atoms with Crippen LogP contribution >= 0.6 is 0 Å². The van der Waals surface area contributed by atoms with Crippen molar-refractivity contribution in [2.24, 2.45) is 24.1 Å². The van der Waals surface area contributed by atoms with E-state index in [1.54, 1.807) is 4.68 Å². The van der Waals surface area contributed by atoms with Crippen LogP contribution in [-0.2, 0) is 13.5 Å². The molecule has 0 aliphatic heterocycles. The van der Waals surface area contributed by atoms with Gasteiger partial charge in [0.2, 0.25) is 0 Å². The summed E-state index contributed by atoms with van der Waals surface area (Å²) in [5.41, 5.74) is 7.39. The van der Waals surface area contributed by atoms with E-state index in [1.165, 1.54) is 32.1 Å².